The summed E-state index contributed by atoms with van der Waals surface area (Å²) in [6.45, 7) is 7.01. The maximum atomic E-state index is 12.6. The Labute approximate surface area is 122 Å². The lowest BCUT2D eigenvalue weighted by Gasteiger charge is -2.30. The van der Waals surface area contributed by atoms with E-state index in [0.717, 1.165) is 25.8 Å². The van der Waals surface area contributed by atoms with E-state index in [-0.39, 0.29) is 11.8 Å². The zero-order chi connectivity index (χ0) is 15.3. The minimum atomic E-state index is -0.484. The second kappa shape index (κ2) is 7.07. The molecule has 0 spiro atoms. The number of carbonyl (C=O) groups is 2. The van der Waals surface area contributed by atoms with Gasteiger partial charge in [0.2, 0.25) is 11.8 Å². The Morgan fingerprint density at radius 3 is 2.40 bits per heavy atom. The highest BCUT2D eigenvalue weighted by atomic mass is 16.2. The second-order valence-electron chi connectivity index (χ2n) is 6.35. The summed E-state index contributed by atoms with van der Waals surface area (Å²) in [5.41, 5.74) is -0.484. The van der Waals surface area contributed by atoms with Crippen molar-refractivity contribution in [1.29, 1.82) is 0 Å². The first-order valence-electron chi connectivity index (χ1n) is 7.59. The Morgan fingerprint density at radius 1 is 1.35 bits per heavy atom. The van der Waals surface area contributed by atoms with Crippen molar-refractivity contribution in [2.24, 2.45) is 5.92 Å². The van der Waals surface area contributed by atoms with Gasteiger partial charge in [-0.25, -0.2) is 0 Å². The van der Waals surface area contributed by atoms with Crippen LogP contribution >= 0.6 is 0 Å². The van der Waals surface area contributed by atoms with Gasteiger partial charge >= 0.3 is 0 Å². The van der Waals surface area contributed by atoms with Crippen molar-refractivity contribution in [2.75, 3.05) is 20.6 Å². The Hall–Kier alpha value is -1.10. The highest BCUT2D eigenvalue weighted by Crippen LogP contribution is 2.23. The summed E-state index contributed by atoms with van der Waals surface area (Å²) in [4.78, 5) is 26.3. The molecule has 0 aromatic heterocycles. The van der Waals surface area contributed by atoms with E-state index in [9.17, 15) is 9.59 Å². The van der Waals surface area contributed by atoms with Gasteiger partial charge in [0.15, 0.2) is 0 Å². The third-order valence-electron chi connectivity index (χ3n) is 4.03. The van der Waals surface area contributed by atoms with E-state index in [2.05, 4.69) is 24.5 Å². The lowest BCUT2D eigenvalue weighted by Crippen LogP contribution is -2.58. The van der Waals surface area contributed by atoms with Crippen LogP contribution in [0.1, 0.15) is 46.5 Å². The van der Waals surface area contributed by atoms with E-state index >= 15 is 0 Å². The minimum Gasteiger partial charge on any atom is -0.347 e. The Balaban J connectivity index is 2.78. The summed E-state index contributed by atoms with van der Waals surface area (Å²) in [6, 6.07) is -0.427. The van der Waals surface area contributed by atoms with E-state index < -0.39 is 11.6 Å². The summed E-state index contributed by atoms with van der Waals surface area (Å²) in [5, 5.41) is 6.28. The van der Waals surface area contributed by atoms with Gasteiger partial charge in [-0.05, 0) is 38.1 Å². The van der Waals surface area contributed by atoms with Crippen LogP contribution in [-0.2, 0) is 9.59 Å². The smallest absolute Gasteiger partial charge is 0.244 e. The Bertz CT molecular complexity index is 347. The van der Waals surface area contributed by atoms with Crippen LogP contribution in [0, 0.1) is 5.92 Å². The van der Waals surface area contributed by atoms with Gasteiger partial charge in [0.25, 0.3) is 0 Å². The molecule has 2 atom stereocenters. The van der Waals surface area contributed by atoms with Crippen molar-refractivity contribution in [3.8, 4) is 0 Å². The molecule has 0 aromatic rings. The van der Waals surface area contributed by atoms with E-state index in [0.29, 0.717) is 12.3 Å². The SMILES string of the molecule is CCC1(C(=O)NC(CC(C)C)C(=O)N(C)C)CCCN1. The molecule has 1 heterocycles. The van der Waals surface area contributed by atoms with Gasteiger partial charge in [0, 0.05) is 14.1 Å². The van der Waals surface area contributed by atoms with E-state index in [1.54, 1.807) is 19.0 Å². The van der Waals surface area contributed by atoms with Gasteiger partial charge in [0.05, 0.1) is 5.54 Å². The van der Waals surface area contributed by atoms with Gasteiger partial charge in [-0.15, -0.1) is 0 Å². The number of likely N-dealkylation sites (N-methyl/N-ethyl adjacent to an activating group) is 1. The fourth-order valence-corrected chi connectivity index (χ4v) is 2.76. The topological polar surface area (TPSA) is 61.4 Å². The first-order valence-corrected chi connectivity index (χ1v) is 7.59. The van der Waals surface area contributed by atoms with Gasteiger partial charge in [-0.3, -0.25) is 9.59 Å². The molecule has 1 aliphatic heterocycles. The number of nitrogens with zero attached hydrogens (tertiary/aromatic N) is 1. The zero-order valence-corrected chi connectivity index (χ0v) is 13.5. The van der Waals surface area contributed by atoms with E-state index in [1.807, 2.05) is 6.92 Å². The lowest BCUT2D eigenvalue weighted by atomic mass is 9.92. The standard InChI is InChI=1S/C15H29N3O2/c1-6-15(8-7-9-16-15)14(20)17-12(10-11(2)3)13(19)18(4)5/h11-12,16H,6-10H2,1-5H3,(H,17,20). The number of nitrogens with one attached hydrogen (secondary N) is 2. The molecular formula is C15H29N3O2. The second-order valence-corrected chi connectivity index (χ2v) is 6.35. The number of hydrogen-bond acceptors (Lipinski definition) is 3. The molecule has 0 radical (unpaired) electrons. The molecule has 116 valence electrons. The van der Waals surface area contributed by atoms with Crippen molar-refractivity contribution in [3.05, 3.63) is 0 Å². The highest BCUT2D eigenvalue weighted by molar-refractivity contribution is 5.92. The molecule has 0 saturated carbocycles. The first kappa shape index (κ1) is 17.0. The molecule has 0 aliphatic carbocycles. The van der Waals surface area contributed by atoms with Crippen LogP contribution in [0.2, 0.25) is 0 Å². The van der Waals surface area contributed by atoms with Crippen molar-refractivity contribution < 1.29 is 9.59 Å². The molecule has 0 bridgehead atoms. The van der Waals surface area contributed by atoms with Crippen LogP contribution in [0.25, 0.3) is 0 Å². The highest BCUT2D eigenvalue weighted by Gasteiger charge is 2.40. The zero-order valence-electron chi connectivity index (χ0n) is 13.5. The first-order chi connectivity index (χ1) is 9.32. The van der Waals surface area contributed by atoms with Gasteiger partial charge in [-0.1, -0.05) is 20.8 Å². The molecular weight excluding hydrogens is 254 g/mol. The molecule has 2 amide bonds. The molecule has 5 nitrogen and oxygen atoms in total. The number of hydrogen-bond donors (Lipinski definition) is 2. The van der Waals surface area contributed by atoms with Gasteiger partial charge in [0.1, 0.15) is 6.04 Å². The number of carbonyl (C=O) groups excluding carboxylic acids is 2. The van der Waals surface area contributed by atoms with Gasteiger partial charge < -0.3 is 15.5 Å². The third-order valence-corrected chi connectivity index (χ3v) is 4.03. The maximum absolute atomic E-state index is 12.6. The minimum absolute atomic E-state index is 0.0293. The van der Waals surface area contributed by atoms with E-state index in [4.69, 9.17) is 0 Å². The molecule has 2 N–H and O–H groups in total. The predicted molar refractivity (Wildman–Crippen MR) is 80.3 cm³/mol. The van der Waals surface area contributed by atoms with Crippen LogP contribution in [0.3, 0.4) is 0 Å². The normalized spacial score (nSPS) is 23.7. The summed E-state index contributed by atoms with van der Waals surface area (Å²) >= 11 is 0. The molecule has 1 saturated heterocycles. The third kappa shape index (κ3) is 3.95. The van der Waals surface area contributed by atoms with Crippen LogP contribution in [0.5, 0.6) is 0 Å². The fraction of sp³-hybridized carbons (Fsp3) is 0.867. The quantitative estimate of drug-likeness (QED) is 0.768. The summed E-state index contributed by atoms with van der Waals surface area (Å²) in [6.07, 6.45) is 3.28. The van der Waals surface area contributed by atoms with Crippen LogP contribution in [0.4, 0.5) is 0 Å². The van der Waals surface area contributed by atoms with E-state index in [1.165, 1.54) is 0 Å². The number of rotatable bonds is 6. The molecule has 5 heteroatoms. The van der Waals surface area contributed by atoms with Crippen molar-refractivity contribution in [1.82, 2.24) is 15.5 Å². The van der Waals surface area contributed by atoms with Crippen LogP contribution < -0.4 is 10.6 Å². The van der Waals surface area contributed by atoms with Crippen LogP contribution in [0.15, 0.2) is 0 Å². The van der Waals surface area contributed by atoms with Crippen molar-refractivity contribution >= 4 is 11.8 Å². The molecule has 1 rings (SSSR count). The largest absolute Gasteiger partial charge is 0.347 e. The van der Waals surface area contributed by atoms with Crippen LogP contribution in [-0.4, -0.2) is 48.9 Å². The average Bonchev–Trinajstić information content (AvgIpc) is 2.86. The summed E-state index contributed by atoms with van der Waals surface area (Å²) in [7, 11) is 3.45. The molecule has 1 aliphatic rings. The van der Waals surface area contributed by atoms with Gasteiger partial charge in [-0.2, -0.15) is 0 Å². The monoisotopic (exact) mass is 283 g/mol. The fourth-order valence-electron chi connectivity index (χ4n) is 2.76. The van der Waals surface area contributed by atoms with Crippen molar-refractivity contribution in [2.45, 2.75) is 58.0 Å². The molecule has 0 aromatic carbocycles. The maximum Gasteiger partial charge on any atom is 0.244 e. The average molecular weight is 283 g/mol. The van der Waals surface area contributed by atoms with Crippen molar-refractivity contribution in [3.63, 3.8) is 0 Å². The molecule has 1 fully saturated rings. The Kier molecular flexibility index (Phi) is 5.99. The summed E-state index contributed by atoms with van der Waals surface area (Å²) in [5.74, 6) is 0.299. The Morgan fingerprint density at radius 2 is 2.00 bits per heavy atom. The molecule has 20 heavy (non-hydrogen) atoms. The predicted octanol–water partition coefficient (Wildman–Crippen LogP) is 1.14. The molecule has 2 unspecified atom stereocenters. The number of amides is 2. The summed E-state index contributed by atoms with van der Waals surface area (Å²) < 4.78 is 0. The lowest BCUT2D eigenvalue weighted by molar-refractivity contribution is -0.137.